The lowest BCUT2D eigenvalue weighted by Gasteiger charge is -1.99. The molecular weight excluding hydrogens is 265 g/mol. The maximum absolute atomic E-state index is 9.94. The average Bonchev–Trinajstić information content (AvgIpc) is 1.96. The van der Waals surface area contributed by atoms with Gasteiger partial charge in [0, 0.05) is 4.47 Å². The number of hydrogen-bond donors (Lipinski definition) is 0. The lowest BCUT2D eigenvalue weighted by Crippen LogP contribution is -1.72. The van der Waals surface area contributed by atoms with Gasteiger partial charge in [0.05, 0.1) is 10.0 Å². The fourth-order valence-electron chi connectivity index (χ4n) is 0.687. The average molecular weight is 267 g/mol. The van der Waals surface area contributed by atoms with E-state index in [0.29, 0.717) is 10.0 Å². The number of nitrogens with zero attached hydrogens (tertiary/aromatic N) is 1. The third kappa shape index (κ3) is 2.08. The molecule has 0 radical (unpaired) electrons. The molecule has 0 fully saturated rings. The second-order valence-electron chi connectivity index (χ2n) is 1.92. The van der Waals surface area contributed by atoms with Crippen LogP contribution in [0.1, 0.15) is 0 Å². The third-order valence-corrected chi connectivity index (χ3v) is 2.17. The van der Waals surface area contributed by atoms with Gasteiger partial charge in [-0.25, -0.2) is 4.79 Å². The summed E-state index contributed by atoms with van der Waals surface area (Å²) in [6, 6.07) is 3.20. The first-order valence-electron chi connectivity index (χ1n) is 2.87. The van der Waals surface area contributed by atoms with E-state index < -0.39 is 0 Å². The fraction of sp³-hybridized carbons (Fsp3) is 0. The van der Waals surface area contributed by atoms with Crippen LogP contribution in [0.15, 0.2) is 21.6 Å². The highest BCUT2D eigenvalue weighted by molar-refractivity contribution is 9.10. The Kier molecular flexibility index (Phi) is 3.29. The molecule has 12 heavy (non-hydrogen) atoms. The van der Waals surface area contributed by atoms with Crippen molar-refractivity contribution in [2.75, 3.05) is 0 Å². The standard InChI is InChI=1S/C7H2BrCl2NO/c8-4-1-5(9)7(11-3-12)6(10)2-4/h1-2H. The van der Waals surface area contributed by atoms with Crippen LogP contribution in [0.4, 0.5) is 5.69 Å². The predicted molar refractivity (Wildman–Crippen MR) is 51.9 cm³/mol. The minimum Gasteiger partial charge on any atom is -0.211 e. The van der Waals surface area contributed by atoms with Gasteiger partial charge in [-0.15, -0.1) is 0 Å². The SMILES string of the molecule is O=C=Nc1c(Cl)cc(Br)cc1Cl. The molecule has 0 unspecified atom stereocenters. The molecule has 0 spiro atoms. The Labute approximate surface area is 87.3 Å². The van der Waals surface area contributed by atoms with E-state index in [1.54, 1.807) is 12.1 Å². The first-order valence-corrected chi connectivity index (χ1v) is 4.42. The Morgan fingerprint density at radius 3 is 2.25 bits per heavy atom. The highest BCUT2D eigenvalue weighted by Crippen LogP contribution is 2.35. The van der Waals surface area contributed by atoms with Crippen molar-refractivity contribution in [2.45, 2.75) is 0 Å². The molecule has 0 amide bonds. The van der Waals surface area contributed by atoms with Crippen molar-refractivity contribution >= 4 is 50.9 Å². The summed E-state index contributed by atoms with van der Waals surface area (Å²) < 4.78 is 0.738. The van der Waals surface area contributed by atoms with E-state index in [9.17, 15) is 4.79 Å². The molecule has 1 aromatic carbocycles. The normalized spacial score (nSPS) is 9.25. The van der Waals surface area contributed by atoms with Crippen molar-refractivity contribution in [3.8, 4) is 0 Å². The number of hydrogen-bond acceptors (Lipinski definition) is 2. The zero-order valence-corrected chi connectivity index (χ0v) is 8.74. The summed E-state index contributed by atoms with van der Waals surface area (Å²) in [4.78, 5) is 13.3. The van der Waals surface area contributed by atoms with Gasteiger partial charge in [-0.1, -0.05) is 39.1 Å². The van der Waals surface area contributed by atoms with Gasteiger partial charge < -0.3 is 0 Å². The Balaban J connectivity index is 3.37. The van der Waals surface area contributed by atoms with Crippen LogP contribution in [0.25, 0.3) is 0 Å². The van der Waals surface area contributed by atoms with Crippen molar-refractivity contribution in [1.82, 2.24) is 0 Å². The number of halogens is 3. The monoisotopic (exact) mass is 265 g/mol. The van der Waals surface area contributed by atoms with Crippen LogP contribution in [0.5, 0.6) is 0 Å². The smallest absolute Gasteiger partial charge is 0.211 e. The van der Waals surface area contributed by atoms with Crippen LogP contribution in [0.3, 0.4) is 0 Å². The van der Waals surface area contributed by atoms with E-state index in [1.807, 2.05) is 0 Å². The first kappa shape index (κ1) is 9.75. The lowest BCUT2D eigenvalue weighted by atomic mass is 10.3. The topological polar surface area (TPSA) is 29.4 Å². The van der Waals surface area contributed by atoms with E-state index in [1.165, 1.54) is 6.08 Å². The molecule has 2 nitrogen and oxygen atoms in total. The summed E-state index contributed by atoms with van der Waals surface area (Å²) in [7, 11) is 0. The largest absolute Gasteiger partial charge is 0.240 e. The fourth-order valence-corrected chi connectivity index (χ4v) is 1.98. The van der Waals surface area contributed by atoms with Gasteiger partial charge in [-0.05, 0) is 12.1 Å². The maximum Gasteiger partial charge on any atom is 0.240 e. The predicted octanol–water partition coefficient (Wildman–Crippen LogP) is 3.72. The molecule has 0 saturated carbocycles. The number of benzene rings is 1. The maximum atomic E-state index is 9.94. The van der Waals surface area contributed by atoms with E-state index >= 15 is 0 Å². The number of aliphatic imine (C=N–C) groups is 1. The molecule has 1 aromatic rings. The minimum atomic E-state index is 0.247. The minimum absolute atomic E-state index is 0.247. The van der Waals surface area contributed by atoms with Gasteiger partial charge in [0.15, 0.2) is 0 Å². The molecule has 0 N–H and O–H groups in total. The third-order valence-electron chi connectivity index (χ3n) is 1.14. The van der Waals surface area contributed by atoms with Crippen molar-refractivity contribution in [3.05, 3.63) is 26.7 Å². The van der Waals surface area contributed by atoms with Gasteiger partial charge in [-0.2, -0.15) is 4.99 Å². The van der Waals surface area contributed by atoms with Gasteiger partial charge in [0.1, 0.15) is 5.69 Å². The second kappa shape index (κ2) is 4.06. The van der Waals surface area contributed by atoms with Crippen LogP contribution in [0.2, 0.25) is 10.0 Å². The van der Waals surface area contributed by atoms with Gasteiger partial charge in [0.25, 0.3) is 0 Å². The van der Waals surface area contributed by atoms with Crippen molar-refractivity contribution in [2.24, 2.45) is 4.99 Å². The van der Waals surface area contributed by atoms with Crippen LogP contribution in [-0.4, -0.2) is 6.08 Å². The molecule has 0 aromatic heterocycles. The molecule has 5 heteroatoms. The molecule has 1 rings (SSSR count). The second-order valence-corrected chi connectivity index (χ2v) is 3.65. The Bertz CT molecular complexity index is 337. The Morgan fingerprint density at radius 1 is 1.33 bits per heavy atom. The van der Waals surface area contributed by atoms with Crippen LogP contribution in [0, 0.1) is 0 Å². The molecule has 0 atom stereocenters. The van der Waals surface area contributed by atoms with Gasteiger partial charge in [0.2, 0.25) is 6.08 Å². The summed E-state index contributed by atoms with van der Waals surface area (Å²) in [6.45, 7) is 0. The number of isocyanates is 1. The summed E-state index contributed by atoms with van der Waals surface area (Å²) in [5, 5.41) is 0.635. The first-order chi connectivity index (χ1) is 5.65. The Hall–Kier alpha value is -0.340. The summed E-state index contributed by atoms with van der Waals surface area (Å²) in [5.41, 5.74) is 0.247. The molecule has 0 saturated heterocycles. The van der Waals surface area contributed by atoms with Gasteiger partial charge in [-0.3, -0.25) is 0 Å². The molecule has 0 aliphatic carbocycles. The molecule has 0 aliphatic rings. The number of carbonyl (C=O) groups excluding carboxylic acids is 1. The van der Waals surface area contributed by atoms with E-state index in [-0.39, 0.29) is 5.69 Å². The number of rotatable bonds is 1. The van der Waals surface area contributed by atoms with E-state index in [4.69, 9.17) is 23.2 Å². The Morgan fingerprint density at radius 2 is 1.83 bits per heavy atom. The van der Waals surface area contributed by atoms with Crippen molar-refractivity contribution in [1.29, 1.82) is 0 Å². The van der Waals surface area contributed by atoms with Crippen LogP contribution < -0.4 is 0 Å². The highest BCUT2D eigenvalue weighted by atomic mass is 79.9. The van der Waals surface area contributed by atoms with Crippen LogP contribution >= 0.6 is 39.1 Å². The highest BCUT2D eigenvalue weighted by Gasteiger charge is 2.05. The molecular formula is C7H2BrCl2NO. The quantitative estimate of drug-likeness (QED) is 0.563. The van der Waals surface area contributed by atoms with E-state index in [0.717, 1.165) is 4.47 Å². The van der Waals surface area contributed by atoms with Crippen LogP contribution in [-0.2, 0) is 4.79 Å². The lowest BCUT2D eigenvalue weighted by molar-refractivity contribution is 0.565. The van der Waals surface area contributed by atoms with Crippen molar-refractivity contribution < 1.29 is 4.79 Å². The summed E-state index contributed by atoms with van der Waals surface area (Å²) in [5.74, 6) is 0. The van der Waals surface area contributed by atoms with Crippen molar-refractivity contribution in [3.63, 3.8) is 0 Å². The molecule has 0 heterocycles. The summed E-state index contributed by atoms with van der Waals surface area (Å²) in [6.07, 6.45) is 1.38. The van der Waals surface area contributed by atoms with E-state index in [2.05, 4.69) is 20.9 Å². The van der Waals surface area contributed by atoms with Gasteiger partial charge >= 0.3 is 0 Å². The molecule has 62 valence electrons. The summed E-state index contributed by atoms with van der Waals surface area (Å²) >= 11 is 14.6. The molecule has 0 bridgehead atoms. The zero-order chi connectivity index (χ0) is 9.14. The molecule has 0 aliphatic heterocycles. The zero-order valence-electron chi connectivity index (χ0n) is 5.64.